The third-order valence-corrected chi connectivity index (χ3v) is 1.18. The van der Waals surface area contributed by atoms with Gasteiger partial charge >= 0.3 is 0 Å². The third kappa shape index (κ3) is 2.31. The molecule has 0 aliphatic carbocycles. The molecule has 0 saturated heterocycles. The van der Waals surface area contributed by atoms with Crippen molar-refractivity contribution in [3.63, 3.8) is 0 Å². The number of likely N-dealkylation sites (N-methyl/N-ethyl adjacent to an activating group) is 1. The summed E-state index contributed by atoms with van der Waals surface area (Å²) >= 11 is 0. The van der Waals surface area contributed by atoms with Gasteiger partial charge in [-0.25, -0.2) is 0 Å². The molecule has 0 fully saturated rings. The molecular formula is C7H13NO. The average molecular weight is 127 g/mol. The number of carbonyl (C=O) groups excluding carboxylic acids is 1. The van der Waals surface area contributed by atoms with E-state index in [1.807, 2.05) is 21.0 Å². The van der Waals surface area contributed by atoms with Gasteiger partial charge in [0.05, 0.1) is 5.70 Å². The van der Waals surface area contributed by atoms with Gasteiger partial charge in [-0.05, 0) is 0 Å². The summed E-state index contributed by atoms with van der Waals surface area (Å²) in [6.07, 6.45) is 0.539. The van der Waals surface area contributed by atoms with Crippen molar-refractivity contribution in [3.05, 3.63) is 12.3 Å². The highest BCUT2D eigenvalue weighted by Crippen LogP contribution is 1.98. The lowest BCUT2D eigenvalue weighted by molar-refractivity contribution is -0.116. The predicted molar refractivity (Wildman–Crippen MR) is 38.1 cm³/mol. The summed E-state index contributed by atoms with van der Waals surface area (Å²) in [5.41, 5.74) is 0.581. The maximum absolute atomic E-state index is 10.8. The lowest BCUT2D eigenvalue weighted by Gasteiger charge is -2.12. The summed E-state index contributed by atoms with van der Waals surface area (Å²) in [4.78, 5) is 12.5. The highest BCUT2D eigenvalue weighted by molar-refractivity contribution is 5.93. The first-order valence-electron chi connectivity index (χ1n) is 2.99. The fourth-order valence-corrected chi connectivity index (χ4v) is 0.453. The summed E-state index contributed by atoms with van der Waals surface area (Å²) in [5.74, 6) is 0.111. The summed E-state index contributed by atoms with van der Waals surface area (Å²) in [6.45, 7) is 5.43. The first kappa shape index (κ1) is 8.21. The number of hydrogen-bond acceptors (Lipinski definition) is 2. The van der Waals surface area contributed by atoms with E-state index in [0.29, 0.717) is 12.1 Å². The molecule has 52 valence electrons. The highest BCUT2D eigenvalue weighted by Gasteiger charge is 2.03. The zero-order valence-electron chi connectivity index (χ0n) is 6.27. The van der Waals surface area contributed by atoms with Crippen molar-refractivity contribution >= 4 is 5.78 Å². The lowest BCUT2D eigenvalue weighted by atomic mass is 10.2. The summed E-state index contributed by atoms with van der Waals surface area (Å²) in [7, 11) is 3.63. The Morgan fingerprint density at radius 2 is 2.00 bits per heavy atom. The number of carbonyl (C=O) groups is 1. The van der Waals surface area contributed by atoms with Gasteiger partial charge in [0.25, 0.3) is 0 Å². The van der Waals surface area contributed by atoms with Crippen molar-refractivity contribution in [1.82, 2.24) is 4.90 Å². The van der Waals surface area contributed by atoms with E-state index in [2.05, 4.69) is 6.58 Å². The van der Waals surface area contributed by atoms with E-state index in [-0.39, 0.29) is 5.78 Å². The van der Waals surface area contributed by atoms with Crippen molar-refractivity contribution in [2.45, 2.75) is 13.3 Å². The minimum absolute atomic E-state index is 0.111. The van der Waals surface area contributed by atoms with Crippen LogP contribution in [0.25, 0.3) is 0 Å². The number of rotatable bonds is 3. The molecule has 0 N–H and O–H groups in total. The van der Waals surface area contributed by atoms with E-state index in [1.54, 1.807) is 4.90 Å². The smallest absolute Gasteiger partial charge is 0.177 e. The molecule has 0 saturated carbocycles. The quantitative estimate of drug-likeness (QED) is 0.528. The van der Waals surface area contributed by atoms with Crippen LogP contribution in [0.5, 0.6) is 0 Å². The van der Waals surface area contributed by atoms with Gasteiger partial charge in [-0.1, -0.05) is 13.5 Å². The number of nitrogens with zero attached hydrogens (tertiary/aromatic N) is 1. The van der Waals surface area contributed by atoms with E-state index in [0.717, 1.165) is 0 Å². The van der Waals surface area contributed by atoms with Gasteiger partial charge in [0.15, 0.2) is 5.78 Å². The second-order valence-electron chi connectivity index (χ2n) is 2.12. The van der Waals surface area contributed by atoms with Crippen LogP contribution in [0.4, 0.5) is 0 Å². The molecule has 0 aromatic carbocycles. The molecule has 0 unspecified atom stereocenters. The summed E-state index contributed by atoms with van der Waals surface area (Å²) in [5, 5.41) is 0. The molecule has 0 radical (unpaired) electrons. The van der Waals surface area contributed by atoms with Crippen molar-refractivity contribution < 1.29 is 4.79 Å². The van der Waals surface area contributed by atoms with Crippen LogP contribution in [0.1, 0.15) is 13.3 Å². The molecule has 2 nitrogen and oxygen atoms in total. The Morgan fingerprint density at radius 1 is 1.56 bits per heavy atom. The SMILES string of the molecule is C=C(C(=O)CC)N(C)C. The second-order valence-corrected chi connectivity index (χ2v) is 2.12. The first-order valence-corrected chi connectivity index (χ1v) is 2.99. The molecule has 2 heteroatoms. The fourth-order valence-electron chi connectivity index (χ4n) is 0.453. The second kappa shape index (κ2) is 3.28. The van der Waals surface area contributed by atoms with E-state index >= 15 is 0 Å². The Morgan fingerprint density at radius 3 is 2.11 bits per heavy atom. The van der Waals surface area contributed by atoms with Crippen LogP contribution in [-0.2, 0) is 4.79 Å². The summed E-state index contributed by atoms with van der Waals surface area (Å²) < 4.78 is 0. The molecule has 0 aromatic rings. The number of allylic oxidation sites excluding steroid dienone is 1. The zero-order valence-corrected chi connectivity index (χ0v) is 6.27. The maximum atomic E-state index is 10.8. The van der Waals surface area contributed by atoms with Crippen LogP contribution in [-0.4, -0.2) is 24.8 Å². The monoisotopic (exact) mass is 127 g/mol. The van der Waals surface area contributed by atoms with E-state index in [1.165, 1.54) is 0 Å². The topological polar surface area (TPSA) is 20.3 Å². The largest absolute Gasteiger partial charge is 0.375 e. The van der Waals surface area contributed by atoms with Gasteiger partial charge < -0.3 is 4.90 Å². The van der Waals surface area contributed by atoms with Crippen LogP contribution in [0.2, 0.25) is 0 Å². The molecule has 0 aliphatic rings. The van der Waals surface area contributed by atoms with Crippen LogP contribution < -0.4 is 0 Å². The molecule has 0 spiro atoms. The Labute approximate surface area is 56.2 Å². The van der Waals surface area contributed by atoms with Crippen molar-refractivity contribution in [3.8, 4) is 0 Å². The molecule has 0 heterocycles. The molecular weight excluding hydrogens is 114 g/mol. The zero-order chi connectivity index (χ0) is 7.44. The van der Waals surface area contributed by atoms with Crippen molar-refractivity contribution in [1.29, 1.82) is 0 Å². The normalized spacial score (nSPS) is 8.78. The molecule has 0 aliphatic heterocycles. The molecule has 9 heavy (non-hydrogen) atoms. The molecule has 0 aromatic heterocycles. The van der Waals surface area contributed by atoms with Gasteiger partial charge in [0.1, 0.15) is 0 Å². The lowest BCUT2D eigenvalue weighted by Crippen LogP contribution is -2.17. The van der Waals surface area contributed by atoms with Crippen LogP contribution >= 0.6 is 0 Å². The Balaban J connectivity index is 3.89. The Kier molecular flexibility index (Phi) is 2.99. The van der Waals surface area contributed by atoms with Gasteiger partial charge in [-0.2, -0.15) is 0 Å². The Hall–Kier alpha value is -0.790. The standard InChI is InChI=1S/C7H13NO/c1-5-7(9)6(2)8(3)4/h2,5H2,1,3-4H3. The average Bonchev–Trinajstić information content (AvgIpc) is 1.84. The van der Waals surface area contributed by atoms with Gasteiger partial charge in [0, 0.05) is 20.5 Å². The first-order chi connectivity index (χ1) is 4.09. The number of Topliss-reactive ketones (excluding diaryl/α,β-unsaturated/α-hetero) is 1. The summed E-state index contributed by atoms with van der Waals surface area (Å²) in [6, 6.07) is 0. The number of hydrogen-bond donors (Lipinski definition) is 0. The molecule has 0 atom stereocenters. The van der Waals surface area contributed by atoms with Crippen LogP contribution in [0.3, 0.4) is 0 Å². The van der Waals surface area contributed by atoms with E-state index in [9.17, 15) is 4.79 Å². The molecule has 0 bridgehead atoms. The van der Waals surface area contributed by atoms with E-state index < -0.39 is 0 Å². The van der Waals surface area contributed by atoms with Gasteiger partial charge in [0.2, 0.25) is 0 Å². The fraction of sp³-hybridized carbons (Fsp3) is 0.571. The van der Waals surface area contributed by atoms with Crippen LogP contribution in [0, 0.1) is 0 Å². The maximum Gasteiger partial charge on any atom is 0.177 e. The highest BCUT2D eigenvalue weighted by atomic mass is 16.1. The molecule has 0 rings (SSSR count). The van der Waals surface area contributed by atoms with Crippen molar-refractivity contribution in [2.75, 3.05) is 14.1 Å². The minimum Gasteiger partial charge on any atom is -0.375 e. The molecule has 0 amide bonds. The third-order valence-electron chi connectivity index (χ3n) is 1.18. The van der Waals surface area contributed by atoms with Crippen LogP contribution in [0.15, 0.2) is 12.3 Å². The van der Waals surface area contributed by atoms with Gasteiger partial charge in [-0.3, -0.25) is 4.79 Å². The Bertz CT molecular complexity index is 127. The minimum atomic E-state index is 0.111. The van der Waals surface area contributed by atoms with Crippen molar-refractivity contribution in [2.24, 2.45) is 0 Å². The van der Waals surface area contributed by atoms with Gasteiger partial charge in [-0.15, -0.1) is 0 Å². The van der Waals surface area contributed by atoms with E-state index in [4.69, 9.17) is 0 Å². The number of ketones is 1. The predicted octanol–water partition coefficient (Wildman–Crippen LogP) is 1.04.